The highest BCUT2D eigenvalue weighted by Crippen LogP contribution is 2.26. The van der Waals surface area contributed by atoms with Gasteiger partial charge in [-0.3, -0.25) is 9.78 Å². The van der Waals surface area contributed by atoms with Gasteiger partial charge in [0.15, 0.2) is 0 Å². The number of halogens is 1. The number of rotatable bonds is 3. The Balaban J connectivity index is 1.56. The molecule has 0 unspecified atom stereocenters. The molecule has 2 aromatic heterocycles. The van der Waals surface area contributed by atoms with Gasteiger partial charge in [-0.1, -0.05) is 11.6 Å². The van der Waals surface area contributed by atoms with Gasteiger partial charge in [0.25, 0.3) is 5.91 Å². The third-order valence-electron chi connectivity index (χ3n) is 3.53. The molecule has 0 radical (unpaired) electrons. The van der Waals surface area contributed by atoms with Gasteiger partial charge in [-0.05, 0) is 11.4 Å². The molecular formula is C15H15ClN2O2S. The van der Waals surface area contributed by atoms with Crippen molar-refractivity contribution in [1.29, 1.82) is 0 Å². The van der Waals surface area contributed by atoms with Crippen molar-refractivity contribution in [2.75, 3.05) is 13.1 Å². The molecule has 0 bridgehead atoms. The first kappa shape index (κ1) is 14.4. The Hall–Kier alpha value is -1.59. The average molecular weight is 323 g/mol. The number of carbonyl (C=O) groups is 1. The zero-order chi connectivity index (χ0) is 14.7. The minimum atomic E-state index is 0.0939. The fraction of sp³-hybridized carbons (Fsp3) is 0.333. The van der Waals surface area contributed by atoms with Gasteiger partial charge >= 0.3 is 0 Å². The summed E-state index contributed by atoms with van der Waals surface area (Å²) in [5.41, 5.74) is 0.775. The van der Waals surface area contributed by atoms with Crippen LogP contribution >= 0.6 is 22.9 Å². The highest BCUT2D eigenvalue weighted by molar-refractivity contribution is 7.08. The summed E-state index contributed by atoms with van der Waals surface area (Å²) in [4.78, 5) is 18.1. The van der Waals surface area contributed by atoms with E-state index in [1.54, 1.807) is 29.8 Å². The smallest absolute Gasteiger partial charge is 0.254 e. The van der Waals surface area contributed by atoms with E-state index in [1.165, 1.54) is 0 Å². The van der Waals surface area contributed by atoms with E-state index in [0.29, 0.717) is 23.9 Å². The summed E-state index contributed by atoms with van der Waals surface area (Å²) in [6.07, 6.45) is 4.96. The molecule has 0 aliphatic carbocycles. The van der Waals surface area contributed by atoms with E-state index >= 15 is 0 Å². The lowest BCUT2D eigenvalue weighted by atomic mass is 10.1. The van der Waals surface area contributed by atoms with Crippen molar-refractivity contribution in [1.82, 2.24) is 9.88 Å². The van der Waals surface area contributed by atoms with Gasteiger partial charge in [-0.25, -0.2) is 0 Å². The fourth-order valence-corrected chi connectivity index (χ4v) is 3.18. The second kappa shape index (κ2) is 6.45. The van der Waals surface area contributed by atoms with Crippen LogP contribution in [0.15, 0.2) is 35.3 Å². The summed E-state index contributed by atoms with van der Waals surface area (Å²) in [6, 6.07) is 3.64. The molecule has 2 aromatic rings. The second-order valence-corrected chi connectivity index (χ2v) is 6.11. The molecule has 0 saturated carbocycles. The molecule has 1 saturated heterocycles. The molecule has 4 nitrogen and oxygen atoms in total. The fourth-order valence-electron chi connectivity index (χ4n) is 2.38. The Kier molecular flexibility index (Phi) is 4.41. The Labute approximate surface area is 132 Å². The van der Waals surface area contributed by atoms with Crippen LogP contribution in [-0.4, -0.2) is 35.0 Å². The largest absolute Gasteiger partial charge is 0.489 e. The molecule has 0 spiro atoms. The molecule has 3 heterocycles. The third kappa shape index (κ3) is 3.36. The Morgan fingerprint density at radius 2 is 2.19 bits per heavy atom. The van der Waals surface area contributed by atoms with Crippen LogP contribution in [0.4, 0.5) is 0 Å². The minimum Gasteiger partial charge on any atom is -0.489 e. The number of carbonyl (C=O) groups excluding carboxylic acids is 1. The highest BCUT2D eigenvalue weighted by Gasteiger charge is 2.25. The molecule has 1 amide bonds. The zero-order valence-corrected chi connectivity index (χ0v) is 12.9. The number of thiophene rings is 1. The Morgan fingerprint density at radius 3 is 2.86 bits per heavy atom. The van der Waals surface area contributed by atoms with E-state index in [0.717, 1.165) is 18.4 Å². The molecule has 0 aromatic carbocycles. The lowest BCUT2D eigenvalue weighted by molar-refractivity contribution is 0.0596. The van der Waals surface area contributed by atoms with Crippen LogP contribution in [-0.2, 0) is 0 Å². The lowest BCUT2D eigenvalue weighted by Gasteiger charge is -2.32. The SMILES string of the molecule is O=C(c1ccsc1)N1CCC(Oc2ccncc2Cl)CC1. The molecule has 1 aliphatic heterocycles. The number of pyridine rings is 1. The van der Waals surface area contributed by atoms with Gasteiger partial charge in [0.2, 0.25) is 0 Å². The van der Waals surface area contributed by atoms with Crippen molar-refractivity contribution in [3.05, 3.63) is 45.9 Å². The molecule has 1 fully saturated rings. The van der Waals surface area contributed by atoms with Gasteiger partial charge in [-0.2, -0.15) is 11.3 Å². The van der Waals surface area contributed by atoms with E-state index in [9.17, 15) is 4.79 Å². The first-order valence-corrected chi connectivity index (χ1v) is 8.14. The number of nitrogens with zero attached hydrogens (tertiary/aromatic N) is 2. The van der Waals surface area contributed by atoms with Crippen LogP contribution < -0.4 is 4.74 Å². The predicted octanol–water partition coefficient (Wildman–Crippen LogP) is 3.48. The highest BCUT2D eigenvalue weighted by atomic mass is 35.5. The van der Waals surface area contributed by atoms with Crippen molar-refractivity contribution < 1.29 is 9.53 Å². The van der Waals surface area contributed by atoms with Gasteiger partial charge < -0.3 is 9.64 Å². The monoisotopic (exact) mass is 322 g/mol. The maximum Gasteiger partial charge on any atom is 0.254 e. The summed E-state index contributed by atoms with van der Waals surface area (Å²) in [6.45, 7) is 1.42. The van der Waals surface area contributed by atoms with Crippen LogP contribution in [0.2, 0.25) is 5.02 Å². The molecule has 0 atom stereocenters. The van der Waals surface area contributed by atoms with E-state index < -0.39 is 0 Å². The van der Waals surface area contributed by atoms with Crippen molar-refractivity contribution in [3.63, 3.8) is 0 Å². The Bertz CT molecular complexity index is 610. The molecule has 21 heavy (non-hydrogen) atoms. The van der Waals surface area contributed by atoms with Gasteiger partial charge in [0, 0.05) is 49.8 Å². The minimum absolute atomic E-state index is 0.0939. The van der Waals surface area contributed by atoms with E-state index in [4.69, 9.17) is 16.3 Å². The number of hydrogen-bond acceptors (Lipinski definition) is 4. The number of aromatic nitrogens is 1. The molecule has 0 N–H and O–H groups in total. The van der Waals surface area contributed by atoms with Crippen molar-refractivity contribution in [2.24, 2.45) is 0 Å². The predicted molar refractivity (Wildman–Crippen MR) is 83.1 cm³/mol. The summed E-state index contributed by atoms with van der Waals surface area (Å²) in [7, 11) is 0. The van der Waals surface area contributed by atoms with Crippen LogP contribution in [0, 0.1) is 0 Å². The molecule has 110 valence electrons. The van der Waals surface area contributed by atoms with Crippen molar-refractivity contribution in [2.45, 2.75) is 18.9 Å². The summed E-state index contributed by atoms with van der Waals surface area (Å²) in [5.74, 6) is 0.769. The van der Waals surface area contributed by atoms with E-state index in [2.05, 4.69) is 4.98 Å². The van der Waals surface area contributed by atoms with E-state index in [1.807, 2.05) is 21.7 Å². The zero-order valence-electron chi connectivity index (χ0n) is 11.4. The maximum atomic E-state index is 12.2. The summed E-state index contributed by atoms with van der Waals surface area (Å²) in [5, 5.41) is 4.34. The number of likely N-dealkylation sites (tertiary alicyclic amines) is 1. The number of hydrogen-bond donors (Lipinski definition) is 0. The van der Waals surface area contributed by atoms with E-state index in [-0.39, 0.29) is 12.0 Å². The topological polar surface area (TPSA) is 42.4 Å². The quantitative estimate of drug-likeness (QED) is 0.869. The third-order valence-corrected chi connectivity index (χ3v) is 4.49. The van der Waals surface area contributed by atoms with Crippen molar-refractivity contribution >= 4 is 28.8 Å². The van der Waals surface area contributed by atoms with Gasteiger partial charge in [0.1, 0.15) is 16.9 Å². The molecule has 3 rings (SSSR count). The normalized spacial score (nSPS) is 16.0. The van der Waals surface area contributed by atoms with Gasteiger partial charge in [-0.15, -0.1) is 0 Å². The number of ether oxygens (including phenoxy) is 1. The first-order valence-electron chi connectivity index (χ1n) is 6.81. The van der Waals surface area contributed by atoms with Crippen LogP contribution in [0.3, 0.4) is 0 Å². The second-order valence-electron chi connectivity index (χ2n) is 4.93. The first-order chi connectivity index (χ1) is 10.2. The van der Waals surface area contributed by atoms with Gasteiger partial charge in [0.05, 0.1) is 5.56 Å². The van der Waals surface area contributed by atoms with Crippen LogP contribution in [0.1, 0.15) is 23.2 Å². The van der Waals surface area contributed by atoms with Crippen molar-refractivity contribution in [3.8, 4) is 5.75 Å². The molecule has 1 aliphatic rings. The van der Waals surface area contributed by atoms with Crippen LogP contribution in [0.5, 0.6) is 5.75 Å². The molecular weight excluding hydrogens is 308 g/mol. The summed E-state index contributed by atoms with van der Waals surface area (Å²) >= 11 is 7.58. The Morgan fingerprint density at radius 1 is 1.38 bits per heavy atom. The molecule has 6 heteroatoms. The summed E-state index contributed by atoms with van der Waals surface area (Å²) < 4.78 is 5.90. The number of piperidine rings is 1. The lowest BCUT2D eigenvalue weighted by Crippen LogP contribution is -2.41. The number of amides is 1. The van der Waals surface area contributed by atoms with Crippen LogP contribution in [0.25, 0.3) is 0 Å². The maximum absolute atomic E-state index is 12.2. The standard InChI is InChI=1S/C15H15ClN2O2S/c16-13-9-17-5-1-14(13)20-12-2-6-18(7-3-12)15(19)11-4-8-21-10-11/h1,4-5,8-10,12H,2-3,6-7H2. The average Bonchev–Trinajstić information content (AvgIpc) is 3.04.